The van der Waals surface area contributed by atoms with Gasteiger partial charge in [0.25, 0.3) is 11.6 Å². The van der Waals surface area contributed by atoms with Crippen LogP contribution in [0.4, 0.5) is 5.69 Å². The molecule has 1 aromatic carbocycles. The van der Waals surface area contributed by atoms with Crippen LogP contribution in [0.15, 0.2) is 18.2 Å². The molecule has 1 atom stereocenters. The van der Waals surface area contributed by atoms with Gasteiger partial charge in [-0.15, -0.1) is 0 Å². The van der Waals surface area contributed by atoms with E-state index in [-0.39, 0.29) is 22.3 Å². The van der Waals surface area contributed by atoms with Crippen molar-refractivity contribution in [2.75, 3.05) is 6.54 Å². The van der Waals surface area contributed by atoms with Crippen molar-refractivity contribution >= 4 is 23.2 Å². The van der Waals surface area contributed by atoms with Gasteiger partial charge in [0.2, 0.25) is 0 Å². The van der Waals surface area contributed by atoms with E-state index in [1.165, 1.54) is 12.1 Å². The molecule has 0 heterocycles. The Hall–Kier alpha value is -1.66. The first kappa shape index (κ1) is 13.8. The van der Waals surface area contributed by atoms with Crippen LogP contribution in [-0.4, -0.2) is 23.4 Å². The lowest BCUT2D eigenvalue weighted by Crippen LogP contribution is -2.38. The van der Waals surface area contributed by atoms with E-state index >= 15 is 0 Å². The summed E-state index contributed by atoms with van der Waals surface area (Å²) in [4.78, 5) is 22.2. The van der Waals surface area contributed by atoms with Crippen molar-refractivity contribution in [2.24, 2.45) is 11.7 Å². The lowest BCUT2D eigenvalue weighted by atomic mass is 10.1. The van der Waals surface area contributed by atoms with Crippen LogP contribution in [0, 0.1) is 16.0 Å². The summed E-state index contributed by atoms with van der Waals surface area (Å²) in [5.41, 5.74) is 5.55. The summed E-state index contributed by atoms with van der Waals surface area (Å²) in [5, 5.41) is 13.7. The molecule has 0 bridgehead atoms. The Bertz CT molecular complexity index is 517. The zero-order chi connectivity index (χ0) is 14.0. The molecular formula is C12H14ClN3O3. The van der Waals surface area contributed by atoms with Gasteiger partial charge in [-0.25, -0.2) is 0 Å². The topological polar surface area (TPSA) is 98.3 Å². The molecule has 0 aliphatic heterocycles. The first-order chi connectivity index (χ1) is 8.99. The van der Waals surface area contributed by atoms with Gasteiger partial charge in [0.15, 0.2) is 0 Å². The highest BCUT2D eigenvalue weighted by Gasteiger charge is 2.29. The zero-order valence-corrected chi connectivity index (χ0v) is 10.9. The van der Waals surface area contributed by atoms with Gasteiger partial charge in [-0.3, -0.25) is 14.9 Å². The van der Waals surface area contributed by atoms with E-state index in [0.29, 0.717) is 12.5 Å². The van der Waals surface area contributed by atoms with Crippen molar-refractivity contribution in [3.63, 3.8) is 0 Å². The van der Waals surface area contributed by atoms with Crippen molar-refractivity contribution in [3.8, 4) is 0 Å². The number of carbonyl (C=O) groups is 1. The molecule has 6 nitrogen and oxygen atoms in total. The molecule has 19 heavy (non-hydrogen) atoms. The average molecular weight is 284 g/mol. The first-order valence-electron chi connectivity index (χ1n) is 5.96. The van der Waals surface area contributed by atoms with Gasteiger partial charge in [-0.05, 0) is 30.9 Å². The predicted molar refractivity (Wildman–Crippen MR) is 71.1 cm³/mol. The van der Waals surface area contributed by atoms with Crippen LogP contribution in [0.5, 0.6) is 0 Å². The SMILES string of the molecule is NC(CNC(=O)c1ccc(Cl)cc1[N+](=O)[O-])C1CC1. The van der Waals surface area contributed by atoms with Crippen molar-refractivity contribution in [1.29, 1.82) is 0 Å². The van der Waals surface area contributed by atoms with Crippen LogP contribution >= 0.6 is 11.6 Å². The van der Waals surface area contributed by atoms with Crippen LogP contribution in [0.25, 0.3) is 0 Å². The summed E-state index contributed by atoms with van der Waals surface area (Å²) in [6.07, 6.45) is 2.16. The molecule has 7 heteroatoms. The standard InChI is InChI=1S/C12H14ClN3O3/c13-8-3-4-9(11(5-8)16(18)19)12(17)15-6-10(14)7-1-2-7/h3-5,7,10H,1-2,6,14H2,(H,15,17). The summed E-state index contributed by atoms with van der Waals surface area (Å²) < 4.78 is 0. The number of carbonyl (C=O) groups excluding carboxylic acids is 1. The molecule has 102 valence electrons. The van der Waals surface area contributed by atoms with E-state index in [9.17, 15) is 14.9 Å². The molecule has 1 amide bonds. The monoisotopic (exact) mass is 283 g/mol. The second-order valence-electron chi connectivity index (χ2n) is 4.63. The number of amides is 1. The molecular weight excluding hydrogens is 270 g/mol. The molecule has 1 fully saturated rings. The molecule has 2 rings (SSSR count). The molecule has 0 spiro atoms. The fourth-order valence-corrected chi connectivity index (χ4v) is 2.01. The smallest absolute Gasteiger partial charge is 0.283 e. The number of halogens is 1. The average Bonchev–Trinajstić information content (AvgIpc) is 3.19. The Kier molecular flexibility index (Phi) is 4.01. The molecule has 0 saturated heterocycles. The molecule has 1 saturated carbocycles. The Morgan fingerprint density at radius 2 is 2.26 bits per heavy atom. The molecule has 1 unspecified atom stereocenters. The minimum atomic E-state index is -0.623. The third-order valence-electron chi connectivity index (χ3n) is 3.13. The first-order valence-corrected chi connectivity index (χ1v) is 6.34. The van der Waals surface area contributed by atoms with Crippen LogP contribution in [0.1, 0.15) is 23.2 Å². The number of hydrogen-bond acceptors (Lipinski definition) is 4. The molecule has 0 aromatic heterocycles. The largest absolute Gasteiger partial charge is 0.350 e. The second-order valence-corrected chi connectivity index (χ2v) is 5.07. The van der Waals surface area contributed by atoms with Gasteiger partial charge >= 0.3 is 0 Å². The molecule has 1 aromatic rings. The quantitative estimate of drug-likeness (QED) is 0.635. The number of nitro groups is 1. The van der Waals surface area contributed by atoms with Crippen LogP contribution in [-0.2, 0) is 0 Å². The minimum Gasteiger partial charge on any atom is -0.350 e. The van der Waals surface area contributed by atoms with E-state index in [0.717, 1.165) is 18.9 Å². The van der Waals surface area contributed by atoms with Gasteiger partial charge < -0.3 is 11.1 Å². The van der Waals surface area contributed by atoms with Gasteiger partial charge in [-0.2, -0.15) is 0 Å². The second kappa shape index (κ2) is 5.54. The van der Waals surface area contributed by atoms with Crippen molar-refractivity contribution in [1.82, 2.24) is 5.32 Å². The lowest BCUT2D eigenvalue weighted by Gasteiger charge is -2.11. The number of nitro benzene ring substituents is 1. The Morgan fingerprint density at radius 3 is 2.84 bits per heavy atom. The fraction of sp³-hybridized carbons (Fsp3) is 0.417. The van der Waals surface area contributed by atoms with E-state index in [4.69, 9.17) is 17.3 Å². The third-order valence-corrected chi connectivity index (χ3v) is 3.36. The van der Waals surface area contributed by atoms with E-state index in [1.807, 2.05) is 0 Å². The molecule has 1 aliphatic rings. The van der Waals surface area contributed by atoms with Crippen LogP contribution < -0.4 is 11.1 Å². The normalized spacial score (nSPS) is 15.9. The third kappa shape index (κ3) is 3.42. The van der Waals surface area contributed by atoms with E-state index in [2.05, 4.69) is 5.32 Å². The fourth-order valence-electron chi connectivity index (χ4n) is 1.84. The predicted octanol–water partition coefficient (Wildman–Crippen LogP) is 1.72. The minimum absolute atomic E-state index is 0.00241. The van der Waals surface area contributed by atoms with Gasteiger partial charge in [-0.1, -0.05) is 11.6 Å². The van der Waals surface area contributed by atoms with Gasteiger partial charge in [0.1, 0.15) is 5.56 Å². The number of nitrogens with one attached hydrogen (secondary N) is 1. The molecule has 1 aliphatic carbocycles. The molecule has 3 N–H and O–H groups in total. The van der Waals surface area contributed by atoms with Crippen LogP contribution in [0.2, 0.25) is 5.02 Å². The maximum Gasteiger partial charge on any atom is 0.283 e. The summed E-state index contributed by atoms with van der Waals surface area (Å²) >= 11 is 5.69. The maximum atomic E-state index is 11.9. The van der Waals surface area contributed by atoms with Crippen molar-refractivity contribution < 1.29 is 9.72 Å². The summed E-state index contributed by atoms with van der Waals surface area (Å²) in [5.74, 6) is -0.0417. The van der Waals surface area contributed by atoms with Gasteiger partial charge in [0.05, 0.1) is 4.92 Å². The van der Waals surface area contributed by atoms with E-state index < -0.39 is 10.8 Å². The highest BCUT2D eigenvalue weighted by atomic mass is 35.5. The maximum absolute atomic E-state index is 11.9. The number of rotatable bonds is 5. The number of benzene rings is 1. The molecule has 0 radical (unpaired) electrons. The Morgan fingerprint density at radius 1 is 1.58 bits per heavy atom. The van der Waals surface area contributed by atoms with Gasteiger partial charge in [0, 0.05) is 23.7 Å². The number of nitrogens with two attached hydrogens (primary N) is 1. The van der Waals surface area contributed by atoms with Crippen molar-refractivity contribution in [3.05, 3.63) is 38.9 Å². The highest BCUT2D eigenvalue weighted by Crippen LogP contribution is 2.31. The Labute approximate surface area is 115 Å². The highest BCUT2D eigenvalue weighted by molar-refractivity contribution is 6.31. The summed E-state index contributed by atoms with van der Waals surface area (Å²) in [6.45, 7) is 0.323. The van der Waals surface area contributed by atoms with Crippen molar-refractivity contribution in [2.45, 2.75) is 18.9 Å². The van der Waals surface area contributed by atoms with Crippen LogP contribution in [0.3, 0.4) is 0 Å². The Balaban J connectivity index is 2.07. The summed E-state index contributed by atoms with van der Waals surface area (Å²) in [6, 6.07) is 3.87. The number of hydrogen-bond donors (Lipinski definition) is 2. The zero-order valence-electron chi connectivity index (χ0n) is 10.1. The number of nitrogens with zero attached hydrogens (tertiary/aromatic N) is 1. The lowest BCUT2D eigenvalue weighted by molar-refractivity contribution is -0.385. The summed E-state index contributed by atoms with van der Waals surface area (Å²) in [7, 11) is 0. The van der Waals surface area contributed by atoms with E-state index in [1.54, 1.807) is 0 Å².